The van der Waals surface area contributed by atoms with Crippen LogP contribution in [0.1, 0.15) is 47.3 Å². The molecule has 1 aromatic carbocycles. The first-order chi connectivity index (χ1) is 10.2. The molecule has 4 rings (SSSR count). The second-order valence-corrected chi connectivity index (χ2v) is 6.11. The zero-order chi connectivity index (χ0) is 14.4. The molecule has 0 unspecified atom stereocenters. The molecule has 2 aliphatic carbocycles. The Morgan fingerprint density at radius 2 is 2.05 bits per heavy atom. The number of anilines is 1. The summed E-state index contributed by atoms with van der Waals surface area (Å²) in [7, 11) is 0. The topological polar surface area (TPSA) is 58.0 Å². The number of aliphatic hydroxyl groups excluding tert-OH is 1. The van der Waals surface area contributed by atoms with Crippen LogP contribution in [0, 0.1) is 6.92 Å². The van der Waals surface area contributed by atoms with Gasteiger partial charge in [-0.3, -0.25) is 4.98 Å². The first kappa shape index (κ1) is 12.8. The van der Waals surface area contributed by atoms with E-state index in [-0.39, 0.29) is 6.04 Å². The Labute approximate surface area is 124 Å². The van der Waals surface area contributed by atoms with Crippen molar-refractivity contribution in [1.29, 1.82) is 0 Å². The lowest BCUT2D eigenvalue weighted by Crippen LogP contribution is -2.22. The van der Waals surface area contributed by atoms with Crippen LogP contribution >= 0.6 is 0 Å². The lowest BCUT2D eigenvalue weighted by Gasteiger charge is -2.20. The van der Waals surface area contributed by atoms with Gasteiger partial charge in [-0.15, -0.1) is 0 Å². The Morgan fingerprint density at radius 3 is 2.86 bits per heavy atom. The number of benzene rings is 1. The van der Waals surface area contributed by atoms with E-state index in [1.165, 1.54) is 24.0 Å². The molecule has 4 heteroatoms. The van der Waals surface area contributed by atoms with E-state index in [1.54, 1.807) is 0 Å². The fraction of sp³-hybridized carbons (Fsp3) is 0.412. The van der Waals surface area contributed by atoms with Crippen molar-refractivity contribution in [3.8, 4) is 0 Å². The Kier molecular flexibility index (Phi) is 2.93. The quantitative estimate of drug-likeness (QED) is 0.908. The zero-order valence-corrected chi connectivity index (χ0v) is 12.1. The third kappa shape index (κ3) is 2.29. The van der Waals surface area contributed by atoms with Crippen LogP contribution in [0.5, 0.6) is 0 Å². The van der Waals surface area contributed by atoms with Gasteiger partial charge in [-0.25, -0.2) is 4.98 Å². The largest absolute Gasteiger partial charge is 0.390 e. The van der Waals surface area contributed by atoms with Crippen molar-refractivity contribution in [2.75, 3.05) is 5.32 Å². The lowest BCUT2D eigenvalue weighted by atomic mass is 10.1. The van der Waals surface area contributed by atoms with Crippen LogP contribution in [0.3, 0.4) is 0 Å². The summed E-state index contributed by atoms with van der Waals surface area (Å²) in [6.45, 7) is 1.95. The summed E-state index contributed by atoms with van der Waals surface area (Å²) in [5.74, 6) is 1.38. The van der Waals surface area contributed by atoms with Gasteiger partial charge in [-0.2, -0.15) is 0 Å². The Bertz CT molecular complexity index is 681. The van der Waals surface area contributed by atoms with E-state index >= 15 is 0 Å². The average molecular weight is 281 g/mol. The van der Waals surface area contributed by atoms with Crippen molar-refractivity contribution in [1.82, 2.24) is 9.97 Å². The molecular formula is C17H19N3O. The van der Waals surface area contributed by atoms with Crippen molar-refractivity contribution >= 4 is 5.82 Å². The van der Waals surface area contributed by atoms with E-state index in [9.17, 15) is 5.11 Å². The van der Waals surface area contributed by atoms with Gasteiger partial charge >= 0.3 is 0 Å². The van der Waals surface area contributed by atoms with Gasteiger partial charge in [0.2, 0.25) is 0 Å². The molecule has 0 bridgehead atoms. The van der Waals surface area contributed by atoms with E-state index in [4.69, 9.17) is 0 Å². The van der Waals surface area contributed by atoms with E-state index in [0.29, 0.717) is 12.3 Å². The fourth-order valence-electron chi connectivity index (χ4n) is 3.14. The highest BCUT2D eigenvalue weighted by Crippen LogP contribution is 2.43. The average Bonchev–Trinajstić information content (AvgIpc) is 3.26. The molecule has 1 aromatic heterocycles. The second kappa shape index (κ2) is 4.81. The minimum atomic E-state index is -0.406. The van der Waals surface area contributed by atoms with Gasteiger partial charge in [0.05, 0.1) is 23.5 Å². The van der Waals surface area contributed by atoms with Gasteiger partial charge in [0.25, 0.3) is 0 Å². The number of hydrogen-bond acceptors (Lipinski definition) is 4. The third-order valence-corrected chi connectivity index (χ3v) is 4.38. The number of hydrogen-bond donors (Lipinski definition) is 2. The first-order valence-electron chi connectivity index (χ1n) is 7.58. The van der Waals surface area contributed by atoms with Crippen LogP contribution in [0.2, 0.25) is 0 Å². The Hall–Kier alpha value is -1.94. The highest BCUT2D eigenvalue weighted by atomic mass is 16.3. The molecule has 1 heterocycles. The van der Waals surface area contributed by atoms with Crippen LogP contribution in [0.4, 0.5) is 5.82 Å². The molecule has 108 valence electrons. The molecule has 2 atom stereocenters. The predicted molar refractivity (Wildman–Crippen MR) is 81.3 cm³/mol. The smallest absolute Gasteiger partial charge is 0.148 e. The standard InChI is InChI=1S/C17H19N3O/c1-10-9-18-15(11-6-7-11)17(19-10)20-16-13-5-3-2-4-12(13)8-14(16)21/h2-5,9,11,14,16,21H,6-8H2,1H3,(H,19,20)/t14-,16+/m0/s1. The summed E-state index contributed by atoms with van der Waals surface area (Å²) in [6.07, 6.45) is 4.51. The molecule has 0 saturated heterocycles. The van der Waals surface area contributed by atoms with Gasteiger partial charge in [0.15, 0.2) is 0 Å². The summed E-state index contributed by atoms with van der Waals surface area (Å²) in [4.78, 5) is 9.18. The van der Waals surface area contributed by atoms with Crippen molar-refractivity contribution < 1.29 is 5.11 Å². The molecule has 2 aromatic rings. The molecule has 2 N–H and O–H groups in total. The van der Waals surface area contributed by atoms with E-state index < -0.39 is 6.10 Å². The van der Waals surface area contributed by atoms with Crippen molar-refractivity contribution in [2.24, 2.45) is 0 Å². The summed E-state index contributed by atoms with van der Waals surface area (Å²) in [5.41, 5.74) is 4.35. The normalized spacial score (nSPS) is 23.9. The third-order valence-electron chi connectivity index (χ3n) is 4.38. The highest BCUT2D eigenvalue weighted by Gasteiger charge is 2.34. The maximum Gasteiger partial charge on any atom is 0.148 e. The van der Waals surface area contributed by atoms with Gasteiger partial charge < -0.3 is 10.4 Å². The van der Waals surface area contributed by atoms with Crippen LogP contribution in [-0.4, -0.2) is 21.2 Å². The van der Waals surface area contributed by atoms with E-state index in [1.807, 2.05) is 25.3 Å². The second-order valence-electron chi connectivity index (χ2n) is 6.11. The minimum absolute atomic E-state index is 0.0881. The number of rotatable bonds is 3. The summed E-state index contributed by atoms with van der Waals surface area (Å²) in [6, 6.07) is 8.13. The molecule has 1 fully saturated rings. The van der Waals surface area contributed by atoms with E-state index in [2.05, 4.69) is 27.4 Å². The molecule has 4 nitrogen and oxygen atoms in total. The highest BCUT2D eigenvalue weighted by molar-refractivity contribution is 5.49. The van der Waals surface area contributed by atoms with Crippen LogP contribution in [0.25, 0.3) is 0 Å². The molecule has 0 amide bonds. The van der Waals surface area contributed by atoms with Crippen molar-refractivity contribution in [3.05, 3.63) is 53.0 Å². The van der Waals surface area contributed by atoms with Crippen molar-refractivity contribution in [3.63, 3.8) is 0 Å². The summed E-state index contributed by atoms with van der Waals surface area (Å²) in [5, 5.41) is 13.8. The van der Waals surface area contributed by atoms with E-state index in [0.717, 1.165) is 17.2 Å². The predicted octanol–water partition coefficient (Wildman–Crippen LogP) is 2.73. The first-order valence-corrected chi connectivity index (χ1v) is 7.58. The monoisotopic (exact) mass is 281 g/mol. The number of aromatic nitrogens is 2. The number of aryl methyl sites for hydroxylation is 1. The minimum Gasteiger partial charge on any atom is -0.390 e. The van der Waals surface area contributed by atoms with Crippen LogP contribution < -0.4 is 5.32 Å². The summed E-state index contributed by atoms with van der Waals surface area (Å²) < 4.78 is 0. The number of fused-ring (bicyclic) bond motifs is 1. The van der Waals surface area contributed by atoms with Gasteiger partial charge in [0, 0.05) is 18.5 Å². The summed E-state index contributed by atoms with van der Waals surface area (Å²) >= 11 is 0. The molecule has 0 radical (unpaired) electrons. The Balaban J connectivity index is 1.68. The van der Waals surface area contributed by atoms with Crippen molar-refractivity contribution in [2.45, 2.75) is 44.2 Å². The molecule has 0 aliphatic heterocycles. The Morgan fingerprint density at radius 1 is 1.24 bits per heavy atom. The number of aliphatic hydroxyl groups is 1. The van der Waals surface area contributed by atoms with Gasteiger partial charge in [-0.05, 0) is 30.9 Å². The molecule has 0 spiro atoms. The maximum atomic E-state index is 10.4. The lowest BCUT2D eigenvalue weighted by molar-refractivity contribution is 0.165. The molecule has 2 aliphatic rings. The van der Waals surface area contributed by atoms with Gasteiger partial charge in [-0.1, -0.05) is 24.3 Å². The van der Waals surface area contributed by atoms with Crippen LogP contribution in [-0.2, 0) is 6.42 Å². The maximum absolute atomic E-state index is 10.4. The van der Waals surface area contributed by atoms with Crippen LogP contribution in [0.15, 0.2) is 30.5 Å². The van der Waals surface area contributed by atoms with Gasteiger partial charge in [0.1, 0.15) is 5.82 Å². The zero-order valence-electron chi connectivity index (χ0n) is 12.1. The number of nitrogens with zero attached hydrogens (tertiary/aromatic N) is 2. The number of nitrogens with one attached hydrogen (secondary N) is 1. The molecule has 1 saturated carbocycles. The SMILES string of the molecule is Cc1cnc(C2CC2)c(N[C@@H]2c3ccccc3C[C@@H]2O)n1. The molecular weight excluding hydrogens is 262 g/mol. The fourth-order valence-corrected chi connectivity index (χ4v) is 3.14. The molecule has 21 heavy (non-hydrogen) atoms.